The van der Waals surface area contributed by atoms with E-state index in [1.54, 1.807) is 0 Å². The fourth-order valence-electron chi connectivity index (χ4n) is 6.09. The molecule has 4 heteroatoms. The first-order valence-corrected chi connectivity index (χ1v) is 19.8. The van der Waals surface area contributed by atoms with Crippen LogP contribution >= 0.6 is 0 Å². The minimum atomic E-state index is -0.562. The first-order chi connectivity index (χ1) is 23.0. The number of ketones is 1. The van der Waals surface area contributed by atoms with E-state index < -0.39 is 11.9 Å². The zero-order chi connectivity index (χ0) is 34.1. The van der Waals surface area contributed by atoms with Gasteiger partial charge in [-0.2, -0.15) is 0 Å². The summed E-state index contributed by atoms with van der Waals surface area (Å²) in [5.41, 5.74) is 0. The lowest BCUT2D eigenvalue weighted by atomic mass is 9.98. The highest BCUT2D eigenvalue weighted by Gasteiger charge is 2.43. The summed E-state index contributed by atoms with van der Waals surface area (Å²) in [6, 6.07) is 0. The monoisotopic (exact) mass is 654 g/mol. The minimum absolute atomic E-state index is 0.142. The van der Waals surface area contributed by atoms with Crippen molar-refractivity contribution in [2.45, 2.75) is 180 Å². The van der Waals surface area contributed by atoms with Gasteiger partial charge in [0.1, 0.15) is 6.10 Å². The van der Waals surface area contributed by atoms with Gasteiger partial charge >= 0.3 is 0 Å². The van der Waals surface area contributed by atoms with Crippen LogP contribution in [-0.4, -0.2) is 49.8 Å². The van der Waals surface area contributed by atoms with Crippen LogP contribution in [0.5, 0.6) is 0 Å². The third-order valence-corrected chi connectivity index (χ3v) is 8.90. The molecule has 0 spiro atoms. The molecular weight excluding hydrogens is 578 g/mol. The number of Topliss-reactive ketones (excluding diaryl/α,β-unsaturated/α-hetero) is 1. The van der Waals surface area contributed by atoms with E-state index in [1.807, 2.05) is 19.0 Å². The summed E-state index contributed by atoms with van der Waals surface area (Å²) in [5, 5.41) is 0. The average molecular weight is 654 g/mol. The molecule has 1 aliphatic rings. The molecule has 0 amide bonds. The number of likely N-dealkylation sites (N-methyl/N-ethyl adjacent to an activating group) is 1. The molecular formula is C43H75NO3. The van der Waals surface area contributed by atoms with Gasteiger partial charge in [-0.05, 0) is 91.1 Å². The second-order valence-corrected chi connectivity index (χ2v) is 13.8. The van der Waals surface area contributed by atoms with E-state index in [9.17, 15) is 4.79 Å². The SMILES string of the molecule is CC/C=C\C/C=C\C/C=C\CCCCCCCCC1(CCCCCCCC/C=C\C/C=C\CCCCC)OCC(C(=O)CN(C)C)O1. The van der Waals surface area contributed by atoms with Gasteiger partial charge in [0.25, 0.3) is 0 Å². The Morgan fingerprint density at radius 1 is 0.596 bits per heavy atom. The van der Waals surface area contributed by atoms with Crippen molar-refractivity contribution in [3.8, 4) is 0 Å². The summed E-state index contributed by atoms with van der Waals surface area (Å²) >= 11 is 0. The van der Waals surface area contributed by atoms with Crippen molar-refractivity contribution < 1.29 is 14.3 Å². The lowest BCUT2D eigenvalue weighted by Crippen LogP contribution is -2.36. The Balaban J connectivity index is 2.23. The van der Waals surface area contributed by atoms with Gasteiger partial charge < -0.3 is 14.4 Å². The van der Waals surface area contributed by atoms with E-state index >= 15 is 0 Å². The summed E-state index contributed by atoms with van der Waals surface area (Å²) in [7, 11) is 3.88. The number of carbonyl (C=O) groups excluding carboxylic acids is 1. The molecule has 1 fully saturated rings. The number of ether oxygens (including phenoxy) is 2. The van der Waals surface area contributed by atoms with Gasteiger partial charge in [0.2, 0.25) is 0 Å². The first kappa shape index (κ1) is 43.3. The Morgan fingerprint density at radius 2 is 1.02 bits per heavy atom. The average Bonchev–Trinajstić information content (AvgIpc) is 3.48. The van der Waals surface area contributed by atoms with E-state index in [-0.39, 0.29) is 5.78 Å². The molecule has 47 heavy (non-hydrogen) atoms. The van der Waals surface area contributed by atoms with Crippen molar-refractivity contribution >= 4 is 5.78 Å². The van der Waals surface area contributed by atoms with Gasteiger partial charge in [0, 0.05) is 12.8 Å². The van der Waals surface area contributed by atoms with Crippen LogP contribution in [0.2, 0.25) is 0 Å². The van der Waals surface area contributed by atoms with Crippen molar-refractivity contribution in [3.05, 3.63) is 60.8 Å². The lowest BCUT2D eigenvalue weighted by Gasteiger charge is -2.28. The number of carbonyl (C=O) groups is 1. The topological polar surface area (TPSA) is 38.8 Å². The number of nitrogens with zero attached hydrogens (tertiary/aromatic N) is 1. The minimum Gasteiger partial charge on any atom is -0.347 e. The molecule has 270 valence electrons. The molecule has 1 rings (SSSR count). The molecule has 1 heterocycles. The Labute approximate surface area is 292 Å². The standard InChI is InChI=1S/C43H75NO3/c1-5-7-9-11-13-15-17-19-21-23-25-27-29-31-33-35-37-43(46-40-42(47-43)41(45)39-44(3)4)38-36-34-32-30-28-26-24-22-20-18-16-14-12-10-8-6-2/h7,9,13-16,19-22,42H,5-6,8,10-12,17-18,23-40H2,1-4H3/b9-7-,15-13-,16-14-,21-19-,22-20-. The van der Waals surface area contributed by atoms with E-state index in [0.29, 0.717) is 13.2 Å². The largest absolute Gasteiger partial charge is 0.347 e. The van der Waals surface area contributed by atoms with Gasteiger partial charge in [-0.3, -0.25) is 4.79 Å². The summed E-state index contributed by atoms with van der Waals surface area (Å²) in [4.78, 5) is 14.7. The summed E-state index contributed by atoms with van der Waals surface area (Å²) in [6.45, 7) is 5.26. The first-order valence-electron chi connectivity index (χ1n) is 19.8. The molecule has 0 bridgehead atoms. The fraction of sp³-hybridized carbons (Fsp3) is 0.744. The van der Waals surface area contributed by atoms with Gasteiger partial charge in [-0.1, -0.05) is 139 Å². The van der Waals surface area contributed by atoms with Crippen LogP contribution in [0.3, 0.4) is 0 Å². The molecule has 0 N–H and O–H groups in total. The van der Waals surface area contributed by atoms with Crippen LogP contribution in [0.1, 0.15) is 168 Å². The quantitative estimate of drug-likeness (QED) is 0.0535. The smallest absolute Gasteiger partial charge is 0.177 e. The predicted octanol–water partition coefficient (Wildman–Crippen LogP) is 12.4. The highest BCUT2D eigenvalue weighted by molar-refractivity contribution is 5.85. The van der Waals surface area contributed by atoms with Gasteiger partial charge in [0.05, 0.1) is 13.2 Å². The highest BCUT2D eigenvalue weighted by Crippen LogP contribution is 2.35. The molecule has 2 unspecified atom stereocenters. The Hall–Kier alpha value is -1.75. The number of rotatable bonds is 32. The van der Waals surface area contributed by atoms with E-state index in [2.05, 4.69) is 74.6 Å². The summed E-state index contributed by atoms with van der Waals surface area (Å²) < 4.78 is 12.7. The fourth-order valence-corrected chi connectivity index (χ4v) is 6.09. The van der Waals surface area contributed by atoms with Crippen LogP contribution < -0.4 is 0 Å². The van der Waals surface area contributed by atoms with Crippen molar-refractivity contribution in [3.63, 3.8) is 0 Å². The zero-order valence-electron chi connectivity index (χ0n) is 31.4. The van der Waals surface area contributed by atoms with Crippen LogP contribution in [0.4, 0.5) is 0 Å². The van der Waals surface area contributed by atoms with Gasteiger partial charge in [-0.25, -0.2) is 0 Å². The van der Waals surface area contributed by atoms with Crippen molar-refractivity contribution in [1.82, 2.24) is 4.90 Å². The number of unbranched alkanes of at least 4 members (excludes halogenated alkanes) is 15. The molecule has 1 saturated heterocycles. The highest BCUT2D eigenvalue weighted by atomic mass is 16.7. The normalized spacial score (nSPS) is 19.0. The third kappa shape index (κ3) is 25.9. The van der Waals surface area contributed by atoms with Crippen molar-refractivity contribution in [1.29, 1.82) is 0 Å². The molecule has 0 aliphatic carbocycles. The Kier molecular flexibility index (Phi) is 29.0. The molecule has 1 aliphatic heterocycles. The molecule has 0 aromatic carbocycles. The van der Waals surface area contributed by atoms with Crippen LogP contribution in [0, 0.1) is 0 Å². The molecule has 0 saturated carbocycles. The molecule has 2 atom stereocenters. The third-order valence-electron chi connectivity index (χ3n) is 8.90. The summed E-state index contributed by atoms with van der Waals surface area (Å²) in [6.07, 6.45) is 51.1. The Bertz CT molecular complexity index is 870. The number of hydrogen-bond acceptors (Lipinski definition) is 4. The summed E-state index contributed by atoms with van der Waals surface area (Å²) in [5.74, 6) is -0.420. The number of allylic oxidation sites excluding steroid dienone is 10. The molecule has 0 radical (unpaired) electrons. The van der Waals surface area contributed by atoms with Gasteiger partial charge in [-0.15, -0.1) is 0 Å². The van der Waals surface area contributed by atoms with Gasteiger partial charge in [0.15, 0.2) is 11.6 Å². The maximum Gasteiger partial charge on any atom is 0.177 e. The lowest BCUT2D eigenvalue weighted by molar-refractivity contribution is -0.182. The van der Waals surface area contributed by atoms with Crippen LogP contribution in [-0.2, 0) is 14.3 Å². The molecule has 0 aromatic rings. The second-order valence-electron chi connectivity index (χ2n) is 13.8. The van der Waals surface area contributed by atoms with E-state index in [1.165, 1.54) is 103 Å². The van der Waals surface area contributed by atoms with E-state index in [4.69, 9.17) is 9.47 Å². The Morgan fingerprint density at radius 3 is 1.49 bits per heavy atom. The van der Waals surface area contributed by atoms with E-state index in [0.717, 1.165) is 51.4 Å². The maximum atomic E-state index is 12.7. The van der Waals surface area contributed by atoms with Crippen molar-refractivity contribution in [2.24, 2.45) is 0 Å². The second kappa shape index (κ2) is 31.5. The van der Waals surface area contributed by atoms with Crippen LogP contribution in [0.25, 0.3) is 0 Å². The maximum absolute atomic E-state index is 12.7. The molecule has 0 aromatic heterocycles. The molecule has 4 nitrogen and oxygen atoms in total. The zero-order valence-corrected chi connectivity index (χ0v) is 31.4. The van der Waals surface area contributed by atoms with Crippen LogP contribution in [0.15, 0.2) is 60.8 Å². The number of hydrogen-bond donors (Lipinski definition) is 0. The van der Waals surface area contributed by atoms with Crippen molar-refractivity contribution in [2.75, 3.05) is 27.2 Å². The predicted molar refractivity (Wildman–Crippen MR) is 205 cm³/mol.